The van der Waals surface area contributed by atoms with E-state index in [-0.39, 0.29) is 24.8 Å². The lowest BCUT2D eigenvalue weighted by atomic mass is 10.1. The van der Waals surface area contributed by atoms with Gasteiger partial charge >= 0.3 is 0 Å². The van der Waals surface area contributed by atoms with Crippen LogP contribution in [0.2, 0.25) is 0 Å². The average molecular weight is 202 g/mol. The van der Waals surface area contributed by atoms with Gasteiger partial charge in [0.1, 0.15) is 18.3 Å². The van der Waals surface area contributed by atoms with Gasteiger partial charge in [-0.2, -0.15) is 0 Å². The normalized spacial score (nSPS) is 48.3. The summed E-state index contributed by atoms with van der Waals surface area (Å²) in [5.41, 5.74) is 0. The van der Waals surface area contributed by atoms with E-state index in [2.05, 4.69) is 0 Å². The minimum absolute atomic E-state index is 0.204. The summed E-state index contributed by atoms with van der Waals surface area (Å²) in [5.74, 6) is 0. The van der Waals surface area contributed by atoms with E-state index in [1.165, 1.54) is 0 Å². The van der Waals surface area contributed by atoms with Crippen LogP contribution in [0.4, 0.5) is 0 Å². The summed E-state index contributed by atoms with van der Waals surface area (Å²) in [5, 5.41) is 0. The highest BCUT2D eigenvalue weighted by Crippen LogP contribution is 2.25. The monoisotopic (exact) mass is 202 g/mol. The Labute approximate surface area is 82.3 Å². The Morgan fingerprint density at radius 1 is 1.14 bits per heavy atom. The van der Waals surface area contributed by atoms with E-state index in [9.17, 15) is 4.79 Å². The van der Waals surface area contributed by atoms with Crippen LogP contribution in [-0.4, -0.2) is 43.8 Å². The van der Waals surface area contributed by atoms with Gasteiger partial charge in [0.05, 0.1) is 6.61 Å². The number of fused-ring (bicyclic) bond motifs is 1. The number of carbonyl (C=O) groups excluding carboxylic acids is 1. The Balaban J connectivity index is 2.08. The summed E-state index contributed by atoms with van der Waals surface area (Å²) in [6, 6.07) is 0. The number of rotatable bonds is 1. The Hall–Kier alpha value is -0.490. The first-order valence-corrected chi connectivity index (χ1v) is 4.74. The Morgan fingerprint density at radius 2 is 1.93 bits per heavy atom. The molecule has 0 saturated carbocycles. The van der Waals surface area contributed by atoms with E-state index < -0.39 is 6.10 Å². The van der Waals surface area contributed by atoms with Gasteiger partial charge in [-0.25, -0.2) is 0 Å². The van der Waals surface area contributed by atoms with Crippen LogP contribution in [0.3, 0.4) is 0 Å². The molecule has 2 aliphatic heterocycles. The van der Waals surface area contributed by atoms with Gasteiger partial charge in [-0.15, -0.1) is 0 Å². The van der Waals surface area contributed by atoms with Crippen molar-refractivity contribution in [1.82, 2.24) is 0 Å². The molecule has 0 aromatic carbocycles. The predicted molar refractivity (Wildman–Crippen MR) is 45.6 cm³/mol. The van der Waals surface area contributed by atoms with Crippen LogP contribution in [0.15, 0.2) is 0 Å². The molecule has 2 rings (SSSR count). The molecule has 2 aliphatic rings. The SMILES string of the molecule is CC1OC(C=O)C2OC(C)OCC2O1. The highest BCUT2D eigenvalue weighted by atomic mass is 16.8. The molecule has 2 fully saturated rings. The molecule has 14 heavy (non-hydrogen) atoms. The first-order chi connectivity index (χ1) is 6.70. The summed E-state index contributed by atoms with van der Waals surface area (Å²) in [6.07, 6.45) is -1.02. The fourth-order valence-corrected chi connectivity index (χ4v) is 1.77. The second-order valence-electron chi connectivity index (χ2n) is 3.48. The van der Waals surface area contributed by atoms with Crippen molar-refractivity contribution < 1.29 is 23.7 Å². The third-order valence-corrected chi connectivity index (χ3v) is 2.38. The van der Waals surface area contributed by atoms with Gasteiger partial charge in [0, 0.05) is 0 Å². The number of aldehydes is 1. The zero-order valence-corrected chi connectivity index (χ0v) is 8.21. The van der Waals surface area contributed by atoms with Crippen molar-refractivity contribution in [2.75, 3.05) is 6.61 Å². The Kier molecular flexibility index (Phi) is 2.83. The van der Waals surface area contributed by atoms with E-state index >= 15 is 0 Å². The van der Waals surface area contributed by atoms with Crippen molar-refractivity contribution in [3.63, 3.8) is 0 Å². The molecular weight excluding hydrogens is 188 g/mol. The molecule has 0 radical (unpaired) electrons. The fraction of sp³-hybridized carbons (Fsp3) is 0.889. The van der Waals surface area contributed by atoms with Crippen molar-refractivity contribution in [2.45, 2.75) is 44.7 Å². The van der Waals surface area contributed by atoms with Crippen molar-refractivity contribution in [2.24, 2.45) is 0 Å². The lowest BCUT2D eigenvalue weighted by Gasteiger charge is -2.42. The van der Waals surface area contributed by atoms with Gasteiger partial charge in [-0.1, -0.05) is 0 Å². The fourth-order valence-electron chi connectivity index (χ4n) is 1.77. The van der Waals surface area contributed by atoms with Gasteiger partial charge in [0.25, 0.3) is 0 Å². The molecule has 5 atom stereocenters. The number of hydrogen-bond acceptors (Lipinski definition) is 5. The Morgan fingerprint density at radius 3 is 2.64 bits per heavy atom. The van der Waals surface area contributed by atoms with Crippen LogP contribution in [0.5, 0.6) is 0 Å². The second kappa shape index (κ2) is 3.94. The molecule has 5 nitrogen and oxygen atoms in total. The maximum atomic E-state index is 10.8. The van der Waals surface area contributed by atoms with E-state index in [1.54, 1.807) is 13.8 Å². The molecule has 5 heteroatoms. The molecule has 0 aromatic rings. The summed E-state index contributed by atoms with van der Waals surface area (Å²) in [7, 11) is 0. The highest BCUT2D eigenvalue weighted by molar-refractivity contribution is 5.57. The van der Waals surface area contributed by atoms with Crippen LogP contribution in [0.1, 0.15) is 13.8 Å². The molecule has 0 bridgehead atoms. The maximum Gasteiger partial charge on any atom is 0.156 e. The van der Waals surface area contributed by atoms with Crippen molar-refractivity contribution in [1.29, 1.82) is 0 Å². The number of hydrogen-bond donors (Lipinski definition) is 0. The summed E-state index contributed by atoms with van der Waals surface area (Å²) in [6.45, 7) is 3.99. The van der Waals surface area contributed by atoms with Gasteiger partial charge in [0.2, 0.25) is 0 Å². The quantitative estimate of drug-likeness (QED) is 0.563. The molecule has 0 amide bonds. The molecule has 5 unspecified atom stereocenters. The zero-order chi connectivity index (χ0) is 10.1. The van der Waals surface area contributed by atoms with E-state index in [1.807, 2.05) is 0 Å². The van der Waals surface area contributed by atoms with E-state index in [0.717, 1.165) is 6.29 Å². The number of ether oxygens (including phenoxy) is 4. The van der Waals surface area contributed by atoms with E-state index in [0.29, 0.717) is 6.61 Å². The third kappa shape index (κ3) is 1.81. The van der Waals surface area contributed by atoms with E-state index in [4.69, 9.17) is 18.9 Å². The van der Waals surface area contributed by atoms with Crippen molar-refractivity contribution in [3.05, 3.63) is 0 Å². The molecule has 2 saturated heterocycles. The molecule has 80 valence electrons. The van der Waals surface area contributed by atoms with Crippen LogP contribution in [0, 0.1) is 0 Å². The molecule has 0 aromatic heterocycles. The van der Waals surface area contributed by atoms with Gasteiger partial charge in [0.15, 0.2) is 18.9 Å². The standard InChI is InChI=1S/C9H14O5/c1-5-11-4-8-9(14-5)7(3-10)12-6(2)13-8/h3,5-9H,4H2,1-2H3. The van der Waals surface area contributed by atoms with Crippen molar-refractivity contribution in [3.8, 4) is 0 Å². The molecular formula is C9H14O5. The molecule has 0 N–H and O–H groups in total. The zero-order valence-electron chi connectivity index (χ0n) is 8.21. The second-order valence-corrected chi connectivity index (χ2v) is 3.48. The molecule has 0 aliphatic carbocycles. The third-order valence-electron chi connectivity index (χ3n) is 2.38. The highest BCUT2D eigenvalue weighted by Gasteiger charge is 2.42. The largest absolute Gasteiger partial charge is 0.350 e. The number of carbonyl (C=O) groups is 1. The van der Waals surface area contributed by atoms with Gasteiger partial charge < -0.3 is 23.7 Å². The van der Waals surface area contributed by atoms with Crippen LogP contribution in [0.25, 0.3) is 0 Å². The van der Waals surface area contributed by atoms with Crippen LogP contribution < -0.4 is 0 Å². The Bertz CT molecular complexity index is 219. The molecule has 2 heterocycles. The van der Waals surface area contributed by atoms with Crippen molar-refractivity contribution >= 4 is 6.29 Å². The van der Waals surface area contributed by atoms with Gasteiger partial charge in [-0.3, -0.25) is 0 Å². The average Bonchev–Trinajstić information content (AvgIpc) is 2.17. The van der Waals surface area contributed by atoms with Gasteiger partial charge in [-0.05, 0) is 13.8 Å². The summed E-state index contributed by atoms with van der Waals surface area (Å²) in [4.78, 5) is 10.8. The first kappa shape index (κ1) is 10.0. The smallest absolute Gasteiger partial charge is 0.156 e. The first-order valence-electron chi connectivity index (χ1n) is 4.74. The lowest BCUT2D eigenvalue weighted by Crippen LogP contribution is -2.57. The topological polar surface area (TPSA) is 54.0 Å². The lowest BCUT2D eigenvalue weighted by molar-refractivity contribution is -0.342. The minimum atomic E-state index is -0.546. The summed E-state index contributed by atoms with van der Waals surface area (Å²) < 4.78 is 21.4. The maximum absolute atomic E-state index is 10.8. The predicted octanol–water partition coefficient (Wildman–Crippen LogP) is 0.0767. The minimum Gasteiger partial charge on any atom is -0.350 e. The molecule has 0 spiro atoms. The van der Waals surface area contributed by atoms with Crippen LogP contribution >= 0.6 is 0 Å². The summed E-state index contributed by atoms with van der Waals surface area (Å²) >= 11 is 0. The van der Waals surface area contributed by atoms with Crippen LogP contribution in [-0.2, 0) is 23.7 Å².